The Morgan fingerprint density at radius 3 is 3.00 bits per heavy atom. The van der Waals surface area contributed by atoms with E-state index < -0.39 is 0 Å². The van der Waals surface area contributed by atoms with Crippen LogP contribution in [0.4, 0.5) is 10.1 Å². The molecule has 0 N–H and O–H groups in total. The lowest BCUT2D eigenvalue weighted by Crippen LogP contribution is -2.50. The smallest absolute Gasteiger partial charge is 0.123 e. The van der Waals surface area contributed by atoms with E-state index in [9.17, 15) is 4.39 Å². The first-order valence-electron chi connectivity index (χ1n) is 6.61. The quantitative estimate of drug-likeness (QED) is 0.775. The fourth-order valence-corrected chi connectivity index (χ4v) is 3.63. The predicted molar refractivity (Wildman–Crippen MR) is 75.8 cm³/mol. The van der Waals surface area contributed by atoms with E-state index in [1.165, 1.54) is 25.1 Å². The van der Waals surface area contributed by atoms with Crippen LogP contribution in [0.5, 0.6) is 0 Å². The van der Waals surface area contributed by atoms with Crippen LogP contribution in [0.3, 0.4) is 0 Å². The second-order valence-electron chi connectivity index (χ2n) is 5.18. The fraction of sp³-hybridized carbons (Fsp3) is 0.571. The van der Waals surface area contributed by atoms with Gasteiger partial charge in [-0.2, -0.15) is 0 Å². The Bertz CT molecular complexity index is 438. The Morgan fingerprint density at radius 2 is 2.17 bits per heavy atom. The molecule has 0 aromatic heterocycles. The summed E-state index contributed by atoms with van der Waals surface area (Å²) in [6.07, 6.45) is 2.63. The molecule has 2 nitrogen and oxygen atoms in total. The van der Waals surface area contributed by atoms with Gasteiger partial charge in [0.2, 0.25) is 0 Å². The number of fused-ring (bicyclic) bond motifs is 1. The Balaban J connectivity index is 1.82. The molecule has 2 saturated heterocycles. The zero-order valence-electron chi connectivity index (χ0n) is 10.4. The summed E-state index contributed by atoms with van der Waals surface area (Å²) < 4.78 is 13.3. The number of nitrogens with zero attached hydrogens (tertiary/aromatic N) is 2. The van der Waals surface area contributed by atoms with Crippen molar-refractivity contribution >= 4 is 21.6 Å². The van der Waals surface area contributed by atoms with Crippen molar-refractivity contribution in [3.8, 4) is 0 Å². The molecule has 0 radical (unpaired) electrons. The van der Waals surface area contributed by atoms with Crippen molar-refractivity contribution in [1.29, 1.82) is 0 Å². The Morgan fingerprint density at radius 1 is 1.28 bits per heavy atom. The van der Waals surface area contributed by atoms with Gasteiger partial charge in [0.15, 0.2) is 0 Å². The van der Waals surface area contributed by atoms with Gasteiger partial charge in [-0.3, -0.25) is 4.90 Å². The summed E-state index contributed by atoms with van der Waals surface area (Å²) in [6.45, 7) is 4.55. The summed E-state index contributed by atoms with van der Waals surface area (Å²) in [4.78, 5) is 5.01. The molecule has 1 aromatic carbocycles. The average molecular weight is 313 g/mol. The maximum absolute atomic E-state index is 13.3. The molecule has 1 aromatic rings. The molecule has 0 aliphatic carbocycles. The van der Waals surface area contributed by atoms with Gasteiger partial charge in [-0.05, 0) is 43.1 Å². The summed E-state index contributed by atoms with van der Waals surface area (Å²) in [5.41, 5.74) is 2.25. The van der Waals surface area contributed by atoms with Crippen molar-refractivity contribution in [2.45, 2.75) is 24.2 Å². The molecule has 0 spiro atoms. The van der Waals surface area contributed by atoms with Gasteiger partial charge < -0.3 is 4.90 Å². The van der Waals surface area contributed by atoms with Crippen LogP contribution in [0.1, 0.15) is 18.4 Å². The summed E-state index contributed by atoms with van der Waals surface area (Å²) in [7, 11) is 0. The van der Waals surface area contributed by atoms with Crippen LogP contribution in [0.2, 0.25) is 0 Å². The van der Waals surface area contributed by atoms with E-state index in [1.807, 2.05) is 6.07 Å². The molecule has 0 amide bonds. The van der Waals surface area contributed by atoms with Gasteiger partial charge in [-0.15, -0.1) is 0 Å². The Hall–Kier alpha value is -0.610. The van der Waals surface area contributed by atoms with E-state index in [4.69, 9.17) is 0 Å². The van der Waals surface area contributed by atoms with E-state index in [1.54, 1.807) is 12.1 Å². The van der Waals surface area contributed by atoms with Crippen LogP contribution >= 0.6 is 15.9 Å². The monoisotopic (exact) mass is 312 g/mol. The third-order valence-corrected chi connectivity index (χ3v) is 4.72. The minimum atomic E-state index is -0.146. The molecule has 18 heavy (non-hydrogen) atoms. The largest absolute Gasteiger partial charge is 0.368 e. The van der Waals surface area contributed by atoms with Crippen molar-refractivity contribution in [2.75, 3.05) is 31.1 Å². The summed E-state index contributed by atoms with van der Waals surface area (Å²) in [5, 5.41) is 0.713. The molecule has 2 fully saturated rings. The molecule has 2 heterocycles. The van der Waals surface area contributed by atoms with Crippen LogP contribution in [0.25, 0.3) is 0 Å². The number of benzene rings is 1. The van der Waals surface area contributed by atoms with E-state index in [-0.39, 0.29) is 5.82 Å². The van der Waals surface area contributed by atoms with Gasteiger partial charge >= 0.3 is 0 Å². The molecule has 3 rings (SSSR count). The van der Waals surface area contributed by atoms with Crippen LogP contribution in [-0.2, 0) is 5.33 Å². The number of halogens is 2. The van der Waals surface area contributed by atoms with Crippen LogP contribution in [0.15, 0.2) is 18.2 Å². The van der Waals surface area contributed by atoms with Gasteiger partial charge in [0.1, 0.15) is 5.82 Å². The zero-order chi connectivity index (χ0) is 12.5. The lowest BCUT2D eigenvalue weighted by molar-refractivity contribution is 0.231. The number of anilines is 1. The number of rotatable bonds is 2. The van der Waals surface area contributed by atoms with Gasteiger partial charge in [-0.1, -0.05) is 15.9 Å². The van der Waals surface area contributed by atoms with Gasteiger partial charge in [0.05, 0.1) is 0 Å². The highest BCUT2D eigenvalue weighted by Crippen LogP contribution is 2.29. The van der Waals surface area contributed by atoms with E-state index >= 15 is 0 Å². The van der Waals surface area contributed by atoms with Crippen molar-refractivity contribution in [3.63, 3.8) is 0 Å². The minimum absolute atomic E-state index is 0.146. The minimum Gasteiger partial charge on any atom is -0.368 e. The van der Waals surface area contributed by atoms with Crippen molar-refractivity contribution < 1.29 is 4.39 Å². The SMILES string of the molecule is Fc1ccc(N2CCN3CCCC3C2)c(CBr)c1. The highest BCUT2D eigenvalue weighted by Gasteiger charge is 2.31. The van der Waals surface area contributed by atoms with E-state index in [2.05, 4.69) is 25.7 Å². The summed E-state index contributed by atoms with van der Waals surface area (Å²) in [6, 6.07) is 5.84. The van der Waals surface area contributed by atoms with Crippen LogP contribution in [-0.4, -0.2) is 37.1 Å². The maximum Gasteiger partial charge on any atom is 0.123 e. The average Bonchev–Trinajstić information content (AvgIpc) is 2.85. The van der Waals surface area contributed by atoms with Crippen LogP contribution in [0, 0.1) is 5.82 Å². The van der Waals surface area contributed by atoms with E-state index in [0.717, 1.165) is 25.2 Å². The fourth-order valence-electron chi connectivity index (χ4n) is 3.18. The molecule has 0 saturated carbocycles. The first-order valence-corrected chi connectivity index (χ1v) is 7.73. The summed E-state index contributed by atoms with van der Waals surface area (Å²) >= 11 is 3.46. The molecule has 0 bridgehead atoms. The lowest BCUT2D eigenvalue weighted by atomic mass is 10.1. The number of hydrogen-bond donors (Lipinski definition) is 0. The molecular weight excluding hydrogens is 295 g/mol. The lowest BCUT2D eigenvalue weighted by Gasteiger charge is -2.39. The van der Waals surface area contributed by atoms with Crippen molar-refractivity contribution in [3.05, 3.63) is 29.6 Å². The second-order valence-corrected chi connectivity index (χ2v) is 5.75. The first-order chi connectivity index (χ1) is 8.78. The number of piperazine rings is 1. The Labute approximate surface area is 116 Å². The standard InChI is InChI=1S/C14H18BrFN2/c15-9-11-8-12(16)3-4-14(11)18-7-6-17-5-1-2-13(17)10-18/h3-4,8,13H,1-2,5-7,9-10H2. The number of alkyl halides is 1. The van der Waals surface area contributed by atoms with E-state index in [0.29, 0.717) is 11.4 Å². The Kier molecular flexibility index (Phi) is 3.57. The second kappa shape index (κ2) is 5.17. The molecule has 4 heteroatoms. The normalized spacial score (nSPS) is 24.3. The molecule has 2 aliphatic rings. The van der Waals surface area contributed by atoms with Crippen molar-refractivity contribution in [2.24, 2.45) is 0 Å². The molecular formula is C14H18BrFN2. The van der Waals surface area contributed by atoms with Gasteiger partial charge in [0, 0.05) is 36.7 Å². The van der Waals surface area contributed by atoms with Crippen molar-refractivity contribution in [1.82, 2.24) is 4.90 Å². The third-order valence-electron chi connectivity index (χ3n) is 4.11. The first kappa shape index (κ1) is 12.4. The summed E-state index contributed by atoms with van der Waals surface area (Å²) in [5.74, 6) is -0.146. The zero-order valence-corrected chi connectivity index (χ0v) is 12.0. The molecule has 2 aliphatic heterocycles. The van der Waals surface area contributed by atoms with Gasteiger partial charge in [-0.25, -0.2) is 4.39 Å². The molecule has 1 atom stereocenters. The topological polar surface area (TPSA) is 6.48 Å². The number of hydrogen-bond acceptors (Lipinski definition) is 2. The highest BCUT2D eigenvalue weighted by atomic mass is 79.9. The van der Waals surface area contributed by atoms with Gasteiger partial charge in [0.25, 0.3) is 0 Å². The maximum atomic E-state index is 13.3. The highest BCUT2D eigenvalue weighted by molar-refractivity contribution is 9.08. The third kappa shape index (κ3) is 2.28. The predicted octanol–water partition coefficient (Wildman–Crippen LogP) is 3.01. The molecule has 98 valence electrons. The van der Waals surface area contributed by atoms with Crippen LogP contribution < -0.4 is 4.90 Å². The molecule has 1 unspecified atom stereocenters.